The van der Waals surface area contributed by atoms with E-state index in [1.54, 1.807) is 11.8 Å². The zero-order chi connectivity index (χ0) is 20.1. The monoisotopic (exact) mass is 418 g/mol. The molecule has 0 aliphatic heterocycles. The Morgan fingerprint density at radius 1 is 1.10 bits per heavy atom. The first kappa shape index (κ1) is 22.8. The number of methoxy groups -OCH3 is 1. The minimum Gasteiger partial charge on any atom is -0.497 e. The molecule has 0 spiro atoms. The molecule has 0 saturated heterocycles. The lowest BCUT2D eigenvalue weighted by molar-refractivity contribution is 0.0786. The van der Waals surface area contributed by atoms with Gasteiger partial charge < -0.3 is 19.8 Å². The summed E-state index contributed by atoms with van der Waals surface area (Å²) in [7, 11) is 5.67. The summed E-state index contributed by atoms with van der Waals surface area (Å²) in [5.74, 6) is 1.96. The number of aliphatic hydroxyl groups is 2. The maximum Gasteiger partial charge on any atom is 0.181 e. The van der Waals surface area contributed by atoms with Gasteiger partial charge in [-0.25, -0.2) is 9.67 Å². The maximum atomic E-state index is 9.92. The minimum absolute atomic E-state index is 0. The molecule has 2 aromatic carbocycles. The Morgan fingerprint density at radius 2 is 1.83 bits per heavy atom. The fourth-order valence-electron chi connectivity index (χ4n) is 2.98. The van der Waals surface area contributed by atoms with Crippen molar-refractivity contribution in [2.45, 2.75) is 19.2 Å². The predicted molar refractivity (Wildman–Crippen MR) is 115 cm³/mol. The molecule has 7 nitrogen and oxygen atoms in total. The van der Waals surface area contributed by atoms with Gasteiger partial charge in [0.1, 0.15) is 5.75 Å². The molecule has 0 bridgehead atoms. The van der Waals surface area contributed by atoms with Gasteiger partial charge in [0.25, 0.3) is 0 Å². The van der Waals surface area contributed by atoms with E-state index in [0.717, 1.165) is 23.4 Å². The summed E-state index contributed by atoms with van der Waals surface area (Å²) < 4.78 is 6.85. The summed E-state index contributed by atoms with van der Waals surface area (Å²) >= 11 is 0. The SMILES string of the molecule is COc1ccc(-c2nc(-c3cccc(CN(C)C)c3)nn2CC(O)CO)cc1.Cl. The van der Waals surface area contributed by atoms with Crippen LogP contribution in [-0.4, -0.2) is 63.8 Å². The average Bonchev–Trinajstić information content (AvgIpc) is 3.11. The van der Waals surface area contributed by atoms with Crippen LogP contribution in [0.25, 0.3) is 22.8 Å². The van der Waals surface area contributed by atoms with Gasteiger partial charge in [-0.2, -0.15) is 5.10 Å². The number of aliphatic hydroxyl groups excluding tert-OH is 2. The normalized spacial score (nSPS) is 11.9. The summed E-state index contributed by atoms with van der Waals surface area (Å²) in [4.78, 5) is 6.82. The summed E-state index contributed by atoms with van der Waals surface area (Å²) in [6.45, 7) is 0.640. The molecule has 3 rings (SSSR count). The van der Waals surface area contributed by atoms with Crippen molar-refractivity contribution in [1.82, 2.24) is 19.7 Å². The molecular weight excluding hydrogens is 392 g/mol. The van der Waals surface area contributed by atoms with Crippen LogP contribution >= 0.6 is 12.4 Å². The number of halogens is 1. The van der Waals surface area contributed by atoms with Crippen LogP contribution in [0.5, 0.6) is 5.75 Å². The lowest BCUT2D eigenvalue weighted by atomic mass is 10.1. The van der Waals surface area contributed by atoms with Crippen molar-refractivity contribution in [1.29, 1.82) is 0 Å². The van der Waals surface area contributed by atoms with E-state index in [4.69, 9.17) is 9.72 Å². The molecule has 0 aliphatic rings. The van der Waals surface area contributed by atoms with Gasteiger partial charge in [-0.1, -0.05) is 18.2 Å². The topological polar surface area (TPSA) is 83.6 Å². The second kappa shape index (κ2) is 10.4. The standard InChI is InChI=1S/C21H26N4O3.ClH/c1-24(2)12-15-5-4-6-17(11-15)20-22-21(25(23-20)13-18(27)14-26)16-7-9-19(28-3)10-8-16;/h4-11,18,26-27H,12-14H2,1-3H3;1H. The highest BCUT2D eigenvalue weighted by Gasteiger charge is 2.16. The average molecular weight is 419 g/mol. The Hall–Kier alpha value is -2.45. The van der Waals surface area contributed by atoms with Crippen molar-refractivity contribution in [2.75, 3.05) is 27.8 Å². The molecule has 0 fully saturated rings. The number of benzene rings is 2. The van der Waals surface area contributed by atoms with E-state index in [-0.39, 0.29) is 25.6 Å². The fraction of sp³-hybridized carbons (Fsp3) is 0.333. The Kier molecular flexibility index (Phi) is 8.16. The molecule has 3 aromatic rings. The van der Waals surface area contributed by atoms with Gasteiger partial charge in [0.05, 0.1) is 26.4 Å². The molecule has 0 saturated carbocycles. The highest BCUT2D eigenvalue weighted by Crippen LogP contribution is 2.25. The van der Waals surface area contributed by atoms with Crippen LogP contribution in [0.1, 0.15) is 5.56 Å². The number of hydrogen-bond donors (Lipinski definition) is 2. The minimum atomic E-state index is -0.911. The Bertz CT molecular complexity index is 913. The first-order valence-electron chi connectivity index (χ1n) is 9.12. The van der Waals surface area contributed by atoms with Gasteiger partial charge in [-0.3, -0.25) is 0 Å². The smallest absolute Gasteiger partial charge is 0.181 e. The summed E-state index contributed by atoms with van der Waals surface area (Å²) in [5, 5.41) is 23.8. The highest BCUT2D eigenvalue weighted by molar-refractivity contribution is 5.85. The molecule has 0 radical (unpaired) electrons. The van der Waals surface area contributed by atoms with E-state index in [1.807, 2.05) is 50.5 Å². The van der Waals surface area contributed by atoms with Crippen LogP contribution in [0, 0.1) is 0 Å². The lowest BCUT2D eigenvalue weighted by Crippen LogP contribution is -2.21. The summed E-state index contributed by atoms with van der Waals surface area (Å²) in [6, 6.07) is 15.6. The molecule has 0 amide bonds. The summed E-state index contributed by atoms with van der Waals surface area (Å²) in [5.41, 5.74) is 2.93. The summed E-state index contributed by atoms with van der Waals surface area (Å²) in [6.07, 6.45) is -0.911. The van der Waals surface area contributed by atoms with E-state index >= 15 is 0 Å². The van der Waals surface area contributed by atoms with Gasteiger partial charge in [0, 0.05) is 17.7 Å². The third-order valence-corrected chi connectivity index (χ3v) is 4.30. The van der Waals surface area contributed by atoms with Gasteiger partial charge in [0.2, 0.25) is 0 Å². The van der Waals surface area contributed by atoms with Crippen LogP contribution in [0.4, 0.5) is 0 Å². The predicted octanol–water partition coefficient (Wildman–Crippen LogP) is 2.46. The van der Waals surface area contributed by atoms with Crippen molar-refractivity contribution in [2.24, 2.45) is 0 Å². The molecule has 1 aromatic heterocycles. The zero-order valence-corrected chi connectivity index (χ0v) is 17.6. The van der Waals surface area contributed by atoms with Gasteiger partial charge in [0.15, 0.2) is 11.6 Å². The molecule has 2 N–H and O–H groups in total. The molecular formula is C21H27ClN4O3. The van der Waals surface area contributed by atoms with Gasteiger partial charge >= 0.3 is 0 Å². The highest BCUT2D eigenvalue weighted by atomic mass is 35.5. The van der Waals surface area contributed by atoms with E-state index in [9.17, 15) is 10.2 Å². The molecule has 0 aliphatic carbocycles. The van der Waals surface area contributed by atoms with Crippen molar-refractivity contribution in [3.05, 3.63) is 54.1 Å². The quantitative estimate of drug-likeness (QED) is 0.584. The number of hydrogen-bond acceptors (Lipinski definition) is 6. The number of ether oxygens (including phenoxy) is 1. The largest absolute Gasteiger partial charge is 0.497 e. The molecule has 1 unspecified atom stereocenters. The van der Waals surface area contributed by atoms with Crippen LogP contribution < -0.4 is 4.74 Å². The molecule has 29 heavy (non-hydrogen) atoms. The van der Waals surface area contributed by atoms with Crippen molar-refractivity contribution in [3.63, 3.8) is 0 Å². The third kappa shape index (κ3) is 5.77. The lowest BCUT2D eigenvalue weighted by Gasteiger charge is -2.10. The molecule has 1 heterocycles. The number of aromatic nitrogens is 3. The molecule has 1 atom stereocenters. The molecule has 156 valence electrons. The third-order valence-electron chi connectivity index (χ3n) is 4.30. The van der Waals surface area contributed by atoms with Crippen LogP contribution in [-0.2, 0) is 13.1 Å². The second-order valence-corrected chi connectivity index (χ2v) is 6.94. The number of nitrogens with zero attached hydrogens (tertiary/aromatic N) is 4. The van der Waals surface area contributed by atoms with Crippen molar-refractivity contribution in [3.8, 4) is 28.5 Å². The van der Waals surface area contributed by atoms with Crippen LogP contribution in [0.15, 0.2) is 48.5 Å². The number of rotatable bonds is 8. The van der Waals surface area contributed by atoms with E-state index in [2.05, 4.69) is 22.1 Å². The fourth-order valence-corrected chi connectivity index (χ4v) is 2.98. The van der Waals surface area contributed by atoms with Crippen molar-refractivity contribution >= 4 is 12.4 Å². The second-order valence-electron chi connectivity index (χ2n) is 6.94. The van der Waals surface area contributed by atoms with Gasteiger partial charge in [-0.05, 0) is 50.0 Å². The van der Waals surface area contributed by atoms with Crippen LogP contribution in [0.2, 0.25) is 0 Å². The maximum absolute atomic E-state index is 9.92. The Labute approximate surface area is 177 Å². The van der Waals surface area contributed by atoms with E-state index < -0.39 is 6.10 Å². The van der Waals surface area contributed by atoms with E-state index in [0.29, 0.717) is 11.6 Å². The first-order chi connectivity index (χ1) is 13.5. The van der Waals surface area contributed by atoms with Crippen molar-refractivity contribution < 1.29 is 14.9 Å². The van der Waals surface area contributed by atoms with E-state index in [1.165, 1.54) is 5.56 Å². The van der Waals surface area contributed by atoms with Gasteiger partial charge in [-0.15, -0.1) is 12.4 Å². The van der Waals surface area contributed by atoms with Crippen LogP contribution in [0.3, 0.4) is 0 Å². The molecule has 8 heteroatoms. The first-order valence-corrected chi connectivity index (χ1v) is 9.12. The zero-order valence-electron chi connectivity index (χ0n) is 16.8. The Morgan fingerprint density at radius 3 is 2.45 bits per heavy atom. The Balaban J connectivity index is 0.00000300.